The second-order valence-corrected chi connectivity index (χ2v) is 15.2. The van der Waals surface area contributed by atoms with E-state index in [-0.39, 0.29) is 0 Å². The first kappa shape index (κ1) is 33.2. The minimum absolute atomic E-state index is 0.582. The van der Waals surface area contributed by atoms with Crippen LogP contribution in [-0.2, 0) is 0 Å². The lowest BCUT2D eigenvalue weighted by Gasteiger charge is -2.14. The molecule has 10 aromatic carbocycles. The Morgan fingerprint density at radius 1 is 0.271 bits per heavy atom. The lowest BCUT2D eigenvalue weighted by atomic mass is 9.91. The van der Waals surface area contributed by atoms with E-state index in [1.807, 2.05) is 18.2 Å². The zero-order chi connectivity index (χ0) is 38.9. The van der Waals surface area contributed by atoms with Gasteiger partial charge in [0.05, 0.1) is 0 Å². The molecule has 0 saturated carbocycles. The van der Waals surface area contributed by atoms with Gasteiger partial charge in [0.25, 0.3) is 0 Å². The van der Waals surface area contributed by atoms with Crippen LogP contribution in [0, 0.1) is 0 Å². The van der Waals surface area contributed by atoms with Crippen LogP contribution in [0.2, 0.25) is 0 Å². The molecule has 0 bridgehead atoms. The van der Waals surface area contributed by atoms with Gasteiger partial charge in [0, 0.05) is 27.5 Å². The van der Waals surface area contributed by atoms with Crippen LogP contribution in [0.15, 0.2) is 205 Å². The van der Waals surface area contributed by atoms with E-state index in [4.69, 9.17) is 19.4 Å². The van der Waals surface area contributed by atoms with Crippen molar-refractivity contribution in [2.45, 2.75) is 0 Å². The predicted molar refractivity (Wildman–Crippen MR) is 244 cm³/mol. The molecule has 2 aromatic heterocycles. The summed E-state index contributed by atoms with van der Waals surface area (Å²) in [4.78, 5) is 15.8. The fourth-order valence-corrected chi connectivity index (χ4v) is 8.84. The number of rotatable bonds is 5. The molecule has 274 valence electrons. The van der Waals surface area contributed by atoms with Gasteiger partial charge < -0.3 is 4.42 Å². The summed E-state index contributed by atoms with van der Waals surface area (Å²) in [7, 11) is 0. The molecule has 0 unspecified atom stereocenters. The molecule has 0 N–H and O–H groups in total. The van der Waals surface area contributed by atoms with Gasteiger partial charge in [-0.25, -0.2) is 15.0 Å². The molecular formula is C55H33N3O. The van der Waals surface area contributed by atoms with E-state index >= 15 is 0 Å². The lowest BCUT2D eigenvalue weighted by Crippen LogP contribution is -2.01. The van der Waals surface area contributed by atoms with Crippen LogP contribution in [0.1, 0.15) is 0 Å². The van der Waals surface area contributed by atoms with Gasteiger partial charge in [0.1, 0.15) is 11.2 Å². The quantitative estimate of drug-likeness (QED) is 0.164. The Kier molecular flexibility index (Phi) is 7.50. The molecule has 0 fully saturated rings. The minimum atomic E-state index is 0.582. The van der Waals surface area contributed by atoms with Crippen LogP contribution < -0.4 is 0 Å². The van der Waals surface area contributed by atoms with E-state index in [1.165, 1.54) is 32.3 Å². The summed E-state index contributed by atoms with van der Waals surface area (Å²) in [6.45, 7) is 0. The van der Waals surface area contributed by atoms with Gasteiger partial charge in [-0.3, -0.25) is 0 Å². The van der Waals surface area contributed by atoms with E-state index in [2.05, 4.69) is 182 Å². The van der Waals surface area contributed by atoms with Gasteiger partial charge in [-0.15, -0.1) is 0 Å². The monoisotopic (exact) mass is 751 g/mol. The summed E-state index contributed by atoms with van der Waals surface area (Å²) in [5.41, 5.74) is 8.65. The molecule has 4 heteroatoms. The van der Waals surface area contributed by atoms with Crippen molar-refractivity contribution >= 4 is 65.0 Å². The topological polar surface area (TPSA) is 51.8 Å². The van der Waals surface area contributed by atoms with Gasteiger partial charge >= 0.3 is 0 Å². The molecule has 0 saturated heterocycles. The predicted octanol–water partition coefficient (Wildman–Crippen LogP) is 14.7. The Morgan fingerprint density at radius 2 is 0.814 bits per heavy atom. The highest BCUT2D eigenvalue weighted by Gasteiger charge is 2.21. The highest BCUT2D eigenvalue weighted by Crippen LogP contribution is 2.42. The largest absolute Gasteiger partial charge is 0.456 e. The minimum Gasteiger partial charge on any atom is -0.456 e. The molecule has 4 nitrogen and oxygen atoms in total. The number of aromatic nitrogens is 3. The average molecular weight is 752 g/mol. The highest BCUT2D eigenvalue weighted by atomic mass is 16.3. The summed E-state index contributed by atoms with van der Waals surface area (Å²) in [6.07, 6.45) is 0. The van der Waals surface area contributed by atoms with Crippen molar-refractivity contribution in [3.63, 3.8) is 0 Å². The Hall–Kier alpha value is -7.95. The maximum atomic E-state index is 6.66. The first-order valence-corrected chi connectivity index (χ1v) is 19.9. The van der Waals surface area contributed by atoms with E-state index in [0.717, 1.165) is 71.7 Å². The fraction of sp³-hybridized carbons (Fsp3) is 0. The summed E-state index contributed by atoms with van der Waals surface area (Å²) in [6, 6.07) is 70.5. The molecule has 0 aliphatic rings. The first-order valence-electron chi connectivity index (χ1n) is 19.9. The highest BCUT2D eigenvalue weighted by molar-refractivity contribution is 6.26. The molecule has 2 heterocycles. The van der Waals surface area contributed by atoms with E-state index in [0.29, 0.717) is 17.5 Å². The molecule has 12 aromatic rings. The number of para-hydroxylation sites is 1. The number of hydrogen-bond acceptors (Lipinski definition) is 4. The standard InChI is InChI=1S/C55H33N3O/c1-2-13-34(14-3-1)37-17-12-18-39(29-37)53-56-54(40-26-25-35-15-4-5-16-36(35)30-40)58-55(57-53)49-32-41(33-51-52(49)47-23-10-11-24-50(47)59-51)38-27-28-46-44-21-7-6-19-42(44)43-20-8-9-22-45(43)48(46)31-38/h1-33H. The maximum absolute atomic E-state index is 6.66. The summed E-state index contributed by atoms with van der Waals surface area (Å²) in [5.74, 6) is 1.79. The number of nitrogens with zero attached hydrogens (tertiary/aromatic N) is 3. The summed E-state index contributed by atoms with van der Waals surface area (Å²) >= 11 is 0. The van der Waals surface area contributed by atoms with Crippen molar-refractivity contribution in [2.24, 2.45) is 0 Å². The zero-order valence-corrected chi connectivity index (χ0v) is 31.8. The number of furan rings is 1. The SMILES string of the molecule is c1ccc(-c2cccc(-c3nc(-c4ccc5ccccc5c4)nc(-c4cc(-c5ccc6c7ccccc7c7ccccc7c6c5)cc5oc6ccccc6c45)n3)c2)cc1. The Balaban J connectivity index is 1.12. The van der Waals surface area contributed by atoms with Crippen molar-refractivity contribution < 1.29 is 4.42 Å². The zero-order valence-electron chi connectivity index (χ0n) is 31.8. The Morgan fingerprint density at radius 3 is 1.58 bits per heavy atom. The van der Waals surface area contributed by atoms with Crippen LogP contribution in [0.5, 0.6) is 0 Å². The van der Waals surface area contributed by atoms with Crippen molar-refractivity contribution in [3.05, 3.63) is 200 Å². The molecule has 12 rings (SSSR count). The smallest absolute Gasteiger partial charge is 0.164 e. The fourth-order valence-electron chi connectivity index (χ4n) is 8.84. The molecule has 0 spiro atoms. The summed E-state index contributed by atoms with van der Waals surface area (Å²) < 4.78 is 6.66. The molecular weight excluding hydrogens is 719 g/mol. The van der Waals surface area contributed by atoms with Crippen LogP contribution in [0.3, 0.4) is 0 Å². The first-order chi connectivity index (χ1) is 29.2. The van der Waals surface area contributed by atoms with Gasteiger partial charge in [-0.1, -0.05) is 164 Å². The molecule has 0 atom stereocenters. The Labute approximate surface area is 339 Å². The van der Waals surface area contributed by atoms with Crippen LogP contribution >= 0.6 is 0 Å². The third kappa shape index (κ3) is 5.57. The van der Waals surface area contributed by atoms with Crippen molar-refractivity contribution in [2.75, 3.05) is 0 Å². The molecule has 59 heavy (non-hydrogen) atoms. The van der Waals surface area contributed by atoms with E-state index < -0.39 is 0 Å². The molecule has 0 aliphatic carbocycles. The van der Waals surface area contributed by atoms with E-state index in [1.54, 1.807) is 0 Å². The third-order valence-electron chi connectivity index (χ3n) is 11.7. The number of hydrogen-bond donors (Lipinski definition) is 0. The van der Waals surface area contributed by atoms with Gasteiger partial charge in [-0.05, 0) is 102 Å². The van der Waals surface area contributed by atoms with Gasteiger partial charge in [0.2, 0.25) is 0 Å². The maximum Gasteiger partial charge on any atom is 0.164 e. The van der Waals surface area contributed by atoms with Crippen molar-refractivity contribution in [3.8, 4) is 56.4 Å². The second kappa shape index (κ2) is 13.3. The molecule has 0 aliphatic heterocycles. The number of fused-ring (bicyclic) bond motifs is 10. The molecule has 0 radical (unpaired) electrons. The van der Waals surface area contributed by atoms with Crippen LogP contribution in [-0.4, -0.2) is 15.0 Å². The number of benzene rings is 10. The van der Waals surface area contributed by atoms with Crippen LogP contribution in [0.25, 0.3) is 121 Å². The van der Waals surface area contributed by atoms with Crippen LogP contribution in [0.4, 0.5) is 0 Å². The summed E-state index contributed by atoms with van der Waals surface area (Å²) in [5, 5.41) is 11.7. The average Bonchev–Trinajstić information content (AvgIpc) is 3.70. The van der Waals surface area contributed by atoms with Gasteiger partial charge in [0.15, 0.2) is 17.5 Å². The third-order valence-corrected chi connectivity index (χ3v) is 11.7. The second-order valence-electron chi connectivity index (χ2n) is 15.2. The van der Waals surface area contributed by atoms with Crippen molar-refractivity contribution in [1.29, 1.82) is 0 Å². The molecule has 0 amide bonds. The van der Waals surface area contributed by atoms with Gasteiger partial charge in [-0.2, -0.15) is 0 Å². The van der Waals surface area contributed by atoms with E-state index in [9.17, 15) is 0 Å². The Bertz CT molecular complexity index is 3590. The lowest BCUT2D eigenvalue weighted by molar-refractivity contribution is 0.669. The normalized spacial score (nSPS) is 11.7. The van der Waals surface area contributed by atoms with Crippen molar-refractivity contribution in [1.82, 2.24) is 15.0 Å².